The number of hydrogen-bond donors (Lipinski definition) is 0. The highest BCUT2D eigenvalue weighted by atomic mass is 32.1. The highest BCUT2D eigenvalue weighted by Gasteiger charge is 2.69. The third-order valence-electron chi connectivity index (χ3n) is 16.3. The van der Waals surface area contributed by atoms with Crippen molar-refractivity contribution in [1.29, 1.82) is 10.5 Å². The number of hydrogen-bond acceptors (Lipinski definition) is 22. The van der Waals surface area contributed by atoms with E-state index in [0.29, 0.717) is 33.4 Å². The van der Waals surface area contributed by atoms with E-state index in [1.165, 1.54) is 26.0 Å². The molecule has 22 nitrogen and oxygen atoms in total. The van der Waals surface area contributed by atoms with Gasteiger partial charge >= 0.3 is 36.1 Å². The molecule has 2 aromatic heterocycles. The van der Waals surface area contributed by atoms with Gasteiger partial charge in [0.05, 0.1) is 15.5 Å². The number of nitriles is 2. The molecule has 484 valence electrons. The molecule has 6 aromatic carbocycles. The van der Waals surface area contributed by atoms with Crippen molar-refractivity contribution >= 4 is 105 Å². The van der Waals surface area contributed by atoms with Gasteiger partial charge in [-0.2, -0.15) is 20.3 Å². The average Bonchev–Trinajstić information content (AvgIpc) is 1.49. The van der Waals surface area contributed by atoms with Crippen LogP contribution in [0.5, 0.6) is 0 Å². The van der Waals surface area contributed by atoms with Crippen LogP contribution < -0.4 is 0 Å². The molecule has 0 N–H and O–H groups in total. The van der Waals surface area contributed by atoms with Crippen LogP contribution in [0.4, 0.5) is 14.6 Å². The molecule has 8 aromatic rings. The maximum absolute atomic E-state index is 16.3. The Kier molecular flexibility index (Phi) is 18.5. The number of nitrogens with zero attached hydrogens (tertiary/aromatic N) is 6. The molecular formula is C74H50N6O16S2. The van der Waals surface area contributed by atoms with Crippen molar-refractivity contribution in [3.63, 3.8) is 0 Å². The number of esters is 4. The van der Waals surface area contributed by atoms with Gasteiger partial charge in [0, 0.05) is 32.7 Å². The molecule has 24 heteroatoms. The van der Waals surface area contributed by atoms with Crippen molar-refractivity contribution in [3.8, 4) is 21.9 Å². The quantitative estimate of drug-likeness (QED) is 0.0333. The van der Waals surface area contributed by atoms with Gasteiger partial charge in [0.25, 0.3) is 23.6 Å². The fourth-order valence-electron chi connectivity index (χ4n) is 11.4. The second-order valence-corrected chi connectivity index (χ2v) is 24.3. The molecule has 0 fully saturated rings. The summed E-state index contributed by atoms with van der Waals surface area (Å²) in [4.78, 5) is 160. The lowest BCUT2D eigenvalue weighted by atomic mass is 9.70. The summed E-state index contributed by atoms with van der Waals surface area (Å²) in [6.07, 6.45) is -1.73. The van der Waals surface area contributed by atoms with E-state index in [2.05, 4.69) is 4.99 Å². The van der Waals surface area contributed by atoms with Crippen LogP contribution in [-0.2, 0) is 117 Å². The molecular weight excluding hydrogens is 1290 g/mol. The first-order valence-corrected chi connectivity index (χ1v) is 31.6. The number of rotatable bonds is 18. The lowest BCUT2D eigenvalue weighted by Crippen LogP contribution is -2.52. The molecule has 98 heavy (non-hydrogen) atoms. The molecule has 0 unspecified atom stereocenters. The minimum atomic E-state index is -3.15. The third-order valence-corrected chi connectivity index (χ3v) is 18.6. The zero-order valence-corrected chi connectivity index (χ0v) is 53.4. The minimum Gasteiger partial charge on any atom is -0.459 e. The fraction of sp³-hybridized carbons (Fsp3) is 0.135. The van der Waals surface area contributed by atoms with Crippen LogP contribution in [0.25, 0.3) is 15.8 Å². The molecule has 0 saturated heterocycles. The van der Waals surface area contributed by atoms with E-state index in [9.17, 15) is 34.5 Å². The van der Waals surface area contributed by atoms with E-state index >= 15 is 24.0 Å². The Balaban J connectivity index is 1.10. The van der Waals surface area contributed by atoms with Crippen LogP contribution in [0.2, 0.25) is 0 Å². The Morgan fingerprint density at radius 3 is 1.09 bits per heavy atom. The smallest absolute Gasteiger partial charge is 0.424 e. The van der Waals surface area contributed by atoms with Gasteiger partial charge in [-0.05, 0) is 59.4 Å². The summed E-state index contributed by atoms with van der Waals surface area (Å²) in [5, 5.41) is 20.8. The first-order valence-electron chi connectivity index (χ1n) is 30.0. The first kappa shape index (κ1) is 65.4. The van der Waals surface area contributed by atoms with Crippen molar-refractivity contribution in [2.24, 2.45) is 9.98 Å². The zero-order chi connectivity index (χ0) is 68.8. The molecule has 0 radical (unpaired) electrons. The molecule has 2 aliphatic carbocycles. The van der Waals surface area contributed by atoms with E-state index in [0.717, 1.165) is 22.7 Å². The van der Waals surface area contributed by atoms with Gasteiger partial charge in [-0.15, -0.1) is 22.7 Å². The maximum atomic E-state index is 16.3. The van der Waals surface area contributed by atoms with Gasteiger partial charge in [0.1, 0.15) is 79.4 Å². The molecule has 2 aliphatic heterocycles. The first-order chi connectivity index (χ1) is 47.5. The summed E-state index contributed by atoms with van der Waals surface area (Å²) in [5.41, 5.74) is -8.68. The number of imide groups is 6. The molecule has 0 atom stereocenters. The van der Waals surface area contributed by atoms with E-state index in [-0.39, 0.29) is 47.2 Å². The van der Waals surface area contributed by atoms with Crippen molar-refractivity contribution < 1.29 is 76.4 Å². The summed E-state index contributed by atoms with van der Waals surface area (Å²) < 4.78 is 35.8. The van der Waals surface area contributed by atoms with Gasteiger partial charge in [0.2, 0.25) is 10.8 Å². The number of aliphatic imine (C=N–C) groups is 2. The number of benzene rings is 6. The Bertz CT molecular complexity index is 4780. The Morgan fingerprint density at radius 1 is 0.418 bits per heavy atom. The average molecular weight is 1340 g/mol. The predicted octanol–water partition coefficient (Wildman–Crippen LogP) is 11.2. The lowest BCUT2D eigenvalue weighted by molar-refractivity contribution is -0.167. The van der Waals surface area contributed by atoms with Crippen molar-refractivity contribution in [2.45, 2.75) is 64.3 Å². The van der Waals surface area contributed by atoms with E-state index in [1.807, 2.05) is 0 Å². The zero-order valence-electron chi connectivity index (χ0n) is 51.7. The van der Waals surface area contributed by atoms with Crippen molar-refractivity contribution in [3.05, 3.63) is 271 Å². The number of carbonyl (C=O) groups excluding carboxylic acids is 10. The van der Waals surface area contributed by atoms with E-state index in [1.54, 1.807) is 194 Å². The summed E-state index contributed by atoms with van der Waals surface area (Å²) >= 11 is 1.57. The number of carbonyl (C=O) groups is 10. The summed E-state index contributed by atoms with van der Waals surface area (Å²) in [5.74, 6) is -11.0. The second-order valence-electron chi connectivity index (χ2n) is 22.3. The molecule has 0 bridgehead atoms. The van der Waals surface area contributed by atoms with Crippen LogP contribution >= 0.6 is 22.7 Å². The van der Waals surface area contributed by atoms with Crippen LogP contribution in [0.3, 0.4) is 0 Å². The molecule has 4 aliphatic rings. The Hall–Kier alpha value is -12.6. The van der Waals surface area contributed by atoms with E-state index in [4.69, 9.17) is 33.4 Å². The summed E-state index contributed by atoms with van der Waals surface area (Å²) in [6, 6.07) is 54.6. The number of fused-ring (bicyclic) bond motifs is 5. The van der Waals surface area contributed by atoms with Crippen molar-refractivity contribution in [1.82, 2.24) is 9.80 Å². The number of amides is 6. The molecule has 6 amide bonds. The van der Waals surface area contributed by atoms with Gasteiger partial charge < -0.3 is 28.4 Å². The van der Waals surface area contributed by atoms with Crippen LogP contribution in [-0.4, -0.2) is 80.9 Å². The monoisotopic (exact) mass is 1340 g/mol. The maximum Gasteiger partial charge on any atom is 0.424 e. The highest BCUT2D eigenvalue weighted by molar-refractivity contribution is 7.25. The SMILES string of the molecule is CC1=C(C#N)C(=O)N(C(=O)OCc2ccccc2)C(=O)C1=NC1=Cc2sc3c(c2C1(C(=O)OCc1ccccc1)C(=O)OCc1ccccc1)C(C(=O)OCc1ccccc1)(C(=O)OCc1ccccc1)c1cc(N=C2C(=O)N(C(=O)OCc4ccccc4)C(=O)C(C#N)=C2C)sc1-3. The van der Waals surface area contributed by atoms with Gasteiger partial charge in [-0.3, -0.25) is 38.4 Å². The lowest BCUT2D eigenvalue weighted by Gasteiger charge is -2.33. The highest BCUT2D eigenvalue weighted by Crippen LogP contribution is 2.65. The Morgan fingerprint density at radius 2 is 0.745 bits per heavy atom. The van der Waals surface area contributed by atoms with E-state index < -0.39 is 149 Å². The molecule has 12 rings (SSSR count). The Labute approximate surface area is 565 Å². The third kappa shape index (κ3) is 12.0. The largest absolute Gasteiger partial charge is 0.459 e. The van der Waals surface area contributed by atoms with Crippen LogP contribution in [0.1, 0.15) is 68.8 Å². The van der Waals surface area contributed by atoms with Crippen molar-refractivity contribution in [2.75, 3.05) is 0 Å². The number of ether oxygens (including phenoxy) is 6. The standard InChI is InChI=1S/C74H50N6O16S2/c1-43-51(35-75)63(81)79(71(89)95-41-49-29-17-7-18-30-49)65(83)59(43)77-55-34-54-57(74(55,69(87)93-39-47-25-13-5-14-26-47)70(88)94-40-48-27-15-6-16-28-48)58-62(97-54)61-53(73(58,67(85)91-37-45-21-9-3-10-22-45)68(86)92-38-46-23-11-4-12-24-46)33-56(98-61)78-60-44(2)52(36-76)64(82)80(66(60)84)72(90)96-42-50-31-19-8-20-32-50/h3-34H,37-42H2,1-2H3. The molecule has 4 heterocycles. The second kappa shape index (κ2) is 27.7. The summed E-state index contributed by atoms with van der Waals surface area (Å²) in [7, 11) is 0. The normalized spacial score (nSPS) is 15.7. The molecule has 0 saturated carbocycles. The van der Waals surface area contributed by atoms with Gasteiger partial charge in [0.15, 0.2) is 0 Å². The van der Waals surface area contributed by atoms with Crippen LogP contribution in [0.15, 0.2) is 226 Å². The predicted molar refractivity (Wildman–Crippen MR) is 351 cm³/mol. The number of thiophene rings is 2. The van der Waals surface area contributed by atoms with Gasteiger partial charge in [-0.25, -0.2) is 19.6 Å². The fourth-order valence-corrected chi connectivity index (χ4v) is 14.0. The summed E-state index contributed by atoms with van der Waals surface area (Å²) in [6.45, 7) is -0.427. The minimum absolute atomic E-state index is 0.00424. The van der Waals surface area contributed by atoms with Gasteiger partial charge in [-0.1, -0.05) is 182 Å². The topological polar surface area (TPSA) is 305 Å². The molecule has 0 spiro atoms. The van der Waals surface area contributed by atoms with Crippen LogP contribution in [0, 0.1) is 22.7 Å².